The van der Waals surface area contributed by atoms with Crippen molar-refractivity contribution >= 4 is 23.5 Å². The molecule has 0 radical (unpaired) electrons. The number of carbonyl (C=O) groups excluding carboxylic acids is 1. The molecule has 1 aliphatic rings. The largest absolute Gasteiger partial charge is 0.387 e. The first kappa shape index (κ1) is 20.8. The Bertz CT molecular complexity index is 920. The fraction of sp³-hybridized carbons (Fsp3) is 0.360. The molecule has 3 rings (SSSR count). The van der Waals surface area contributed by atoms with E-state index < -0.39 is 0 Å². The molecule has 0 atom stereocenters. The standard InChI is InChI=1S/C25H31N3O/c1-4-13-28(14-5-2)25(29)22-15-21-12-11-20(16-23(21)27-24(26)17-22)19-9-7-18(6-3)8-10-19/h7-12,15-16H,4-6,13-14,17H2,1-3H3,(H2,26,27). The number of amidine groups is 1. The summed E-state index contributed by atoms with van der Waals surface area (Å²) in [6.07, 6.45) is 5.26. The predicted octanol–water partition coefficient (Wildman–Crippen LogP) is 5.34. The molecule has 2 N–H and O–H groups in total. The number of amides is 1. The van der Waals surface area contributed by atoms with E-state index in [0.717, 1.165) is 54.7 Å². The number of fused-ring (bicyclic) bond motifs is 1. The zero-order valence-corrected chi connectivity index (χ0v) is 17.7. The molecule has 0 fully saturated rings. The summed E-state index contributed by atoms with van der Waals surface area (Å²) in [5.41, 5.74) is 12.2. The molecule has 152 valence electrons. The van der Waals surface area contributed by atoms with Crippen molar-refractivity contribution in [1.82, 2.24) is 4.90 Å². The van der Waals surface area contributed by atoms with E-state index in [0.29, 0.717) is 17.8 Å². The van der Waals surface area contributed by atoms with Gasteiger partial charge in [-0.3, -0.25) is 4.79 Å². The number of aliphatic imine (C=N–C) groups is 1. The number of carbonyl (C=O) groups is 1. The number of benzene rings is 2. The maximum atomic E-state index is 13.1. The van der Waals surface area contributed by atoms with Gasteiger partial charge < -0.3 is 10.6 Å². The summed E-state index contributed by atoms with van der Waals surface area (Å²) in [5.74, 6) is 0.550. The molecule has 2 aromatic rings. The summed E-state index contributed by atoms with van der Waals surface area (Å²) in [4.78, 5) is 19.6. The van der Waals surface area contributed by atoms with Crippen molar-refractivity contribution < 1.29 is 4.79 Å². The van der Waals surface area contributed by atoms with Crippen LogP contribution in [0.15, 0.2) is 53.0 Å². The molecular weight excluding hydrogens is 358 g/mol. The molecule has 1 amide bonds. The molecule has 2 aromatic carbocycles. The van der Waals surface area contributed by atoms with Crippen LogP contribution in [0.25, 0.3) is 17.2 Å². The molecule has 1 aliphatic heterocycles. The van der Waals surface area contributed by atoms with Crippen LogP contribution in [0.1, 0.15) is 51.2 Å². The van der Waals surface area contributed by atoms with Gasteiger partial charge in [-0.2, -0.15) is 0 Å². The Balaban J connectivity index is 1.94. The predicted molar refractivity (Wildman–Crippen MR) is 122 cm³/mol. The van der Waals surface area contributed by atoms with E-state index in [4.69, 9.17) is 5.73 Å². The highest BCUT2D eigenvalue weighted by atomic mass is 16.2. The first-order chi connectivity index (χ1) is 14.0. The molecule has 4 heteroatoms. The minimum atomic E-state index is 0.0685. The van der Waals surface area contributed by atoms with E-state index in [1.165, 1.54) is 5.56 Å². The normalized spacial score (nSPS) is 13.2. The van der Waals surface area contributed by atoms with Gasteiger partial charge >= 0.3 is 0 Å². The van der Waals surface area contributed by atoms with E-state index in [9.17, 15) is 4.79 Å². The Labute approximate surface area is 174 Å². The van der Waals surface area contributed by atoms with E-state index in [2.05, 4.69) is 62.2 Å². The van der Waals surface area contributed by atoms with Crippen LogP contribution in [0.4, 0.5) is 5.69 Å². The lowest BCUT2D eigenvalue weighted by Gasteiger charge is -2.22. The minimum Gasteiger partial charge on any atom is -0.387 e. The van der Waals surface area contributed by atoms with Gasteiger partial charge in [0, 0.05) is 30.6 Å². The van der Waals surface area contributed by atoms with Crippen LogP contribution < -0.4 is 5.73 Å². The van der Waals surface area contributed by atoms with E-state index in [1.807, 2.05) is 17.0 Å². The molecule has 0 saturated heterocycles. The van der Waals surface area contributed by atoms with Crippen LogP contribution in [-0.2, 0) is 11.2 Å². The highest BCUT2D eigenvalue weighted by molar-refractivity contribution is 6.05. The quantitative estimate of drug-likeness (QED) is 0.695. The van der Waals surface area contributed by atoms with Crippen LogP contribution in [0.3, 0.4) is 0 Å². The topological polar surface area (TPSA) is 58.7 Å². The molecule has 29 heavy (non-hydrogen) atoms. The summed E-state index contributed by atoms with van der Waals surface area (Å²) >= 11 is 0. The molecule has 0 aromatic heterocycles. The van der Waals surface area contributed by atoms with Crippen molar-refractivity contribution in [2.24, 2.45) is 10.7 Å². The fourth-order valence-electron chi connectivity index (χ4n) is 3.70. The third-order valence-electron chi connectivity index (χ3n) is 5.24. The van der Waals surface area contributed by atoms with Crippen molar-refractivity contribution in [2.45, 2.75) is 46.5 Å². The molecule has 0 spiro atoms. The first-order valence-corrected chi connectivity index (χ1v) is 10.6. The summed E-state index contributed by atoms with van der Waals surface area (Å²) in [7, 11) is 0. The third kappa shape index (κ3) is 4.94. The van der Waals surface area contributed by atoms with Crippen LogP contribution in [-0.4, -0.2) is 29.7 Å². The first-order valence-electron chi connectivity index (χ1n) is 10.6. The highest BCUT2D eigenvalue weighted by Gasteiger charge is 2.21. The maximum Gasteiger partial charge on any atom is 0.250 e. The minimum absolute atomic E-state index is 0.0685. The van der Waals surface area contributed by atoms with Gasteiger partial charge in [-0.05, 0) is 48.1 Å². The number of hydrogen-bond acceptors (Lipinski definition) is 3. The second-order valence-corrected chi connectivity index (χ2v) is 7.57. The molecule has 0 unspecified atom stereocenters. The molecular formula is C25H31N3O. The van der Waals surface area contributed by atoms with Crippen molar-refractivity contribution in [2.75, 3.05) is 13.1 Å². The Kier molecular flexibility index (Phi) is 6.86. The second kappa shape index (κ2) is 9.55. The molecule has 0 saturated carbocycles. The van der Waals surface area contributed by atoms with Gasteiger partial charge in [0.25, 0.3) is 0 Å². The average Bonchev–Trinajstić information content (AvgIpc) is 2.90. The highest BCUT2D eigenvalue weighted by Crippen LogP contribution is 2.32. The molecule has 0 aliphatic carbocycles. The van der Waals surface area contributed by atoms with Gasteiger partial charge in [0.15, 0.2) is 0 Å². The van der Waals surface area contributed by atoms with Crippen molar-refractivity contribution in [3.8, 4) is 11.1 Å². The van der Waals surface area contributed by atoms with Crippen LogP contribution in [0, 0.1) is 0 Å². The average molecular weight is 390 g/mol. The zero-order valence-electron chi connectivity index (χ0n) is 17.7. The Hall–Kier alpha value is -2.88. The van der Waals surface area contributed by atoms with Gasteiger partial charge in [0.05, 0.1) is 5.69 Å². The number of nitrogens with two attached hydrogens (primary N) is 1. The SMILES string of the molecule is CCCN(CCC)C(=O)C1=Cc2ccc(-c3ccc(CC)cc3)cc2N=C(N)C1. The van der Waals surface area contributed by atoms with Gasteiger partial charge in [-0.1, -0.05) is 57.2 Å². The maximum absolute atomic E-state index is 13.1. The lowest BCUT2D eigenvalue weighted by molar-refractivity contribution is -0.127. The van der Waals surface area contributed by atoms with Gasteiger partial charge in [0.1, 0.15) is 5.84 Å². The summed E-state index contributed by atoms with van der Waals surface area (Å²) in [6.45, 7) is 7.87. The number of nitrogens with zero attached hydrogens (tertiary/aromatic N) is 2. The number of aryl methyl sites for hydroxylation is 1. The number of rotatable bonds is 7. The molecule has 1 heterocycles. The van der Waals surface area contributed by atoms with Crippen molar-refractivity contribution in [3.05, 3.63) is 59.2 Å². The summed E-state index contributed by atoms with van der Waals surface area (Å²) in [5, 5.41) is 0. The van der Waals surface area contributed by atoms with Gasteiger partial charge in [0.2, 0.25) is 5.91 Å². The van der Waals surface area contributed by atoms with Gasteiger partial charge in [-0.15, -0.1) is 0 Å². The monoisotopic (exact) mass is 389 g/mol. The Morgan fingerprint density at radius 1 is 1.00 bits per heavy atom. The van der Waals surface area contributed by atoms with Crippen LogP contribution in [0.5, 0.6) is 0 Å². The lowest BCUT2D eigenvalue weighted by Crippen LogP contribution is -2.34. The van der Waals surface area contributed by atoms with E-state index >= 15 is 0 Å². The summed E-state index contributed by atoms with van der Waals surface area (Å²) < 4.78 is 0. The molecule has 4 nitrogen and oxygen atoms in total. The van der Waals surface area contributed by atoms with Crippen LogP contribution in [0.2, 0.25) is 0 Å². The Morgan fingerprint density at radius 3 is 2.28 bits per heavy atom. The smallest absolute Gasteiger partial charge is 0.250 e. The van der Waals surface area contributed by atoms with Crippen molar-refractivity contribution in [1.29, 1.82) is 0 Å². The van der Waals surface area contributed by atoms with Gasteiger partial charge in [-0.25, -0.2) is 4.99 Å². The molecule has 0 bridgehead atoms. The number of hydrogen-bond donors (Lipinski definition) is 1. The lowest BCUT2D eigenvalue weighted by atomic mass is 9.99. The summed E-state index contributed by atoms with van der Waals surface area (Å²) in [6, 6.07) is 14.8. The van der Waals surface area contributed by atoms with E-state index in [1.54, 1.807) is 0 Å². The fourth-order valence-corrected chi connectivity index (χ4v) is 3.70. The second-order valence-electron chi connectivity index (χ2n) is 7.57. The Morgan fingerprint density at radius 2 is 1.66 bits per heavy atom. The zero-order chi connectivity index (χ0) is 20.8. The third-order valence-corrected chi connectivity index (χ3v) is 5.24. The van der Waals surface area contributed by atoms with Crippen molar-refractivity contribution in [3.63, 3.8) is 0 Å². The van der Waals surface area contributed by atoms with E-state index in [-0.39, 0.29) is 5.91 Å². The van der Waals surface area contributed by atoms with Crippen LogP contribution >= 0.6 is 0 Å².